The molecule has 0 unspecified atom stereocenters. The van der Waals surface area contributed by atoms with Crippen LogP contribution in [-0.4, -0.2) is 21.8 Å². The van der Waals surface area contributed by atoms with Gasteiger partial charge in [-0.1, -0.05) is 104 Å². The Balaban J connectivity index is 3.25. The molecule has 0 atom stereocenters. The van der Waals surface area contributed by atoms with Gasteiger partial charge in [0.25, 0.3) is 0 Å². The minimum absolute atomic E-state index is 0.773. The van der Waals surface area contributed by atoms with E-state index in [1.807, 2.05) is 0 Å². The Bertz CT molecular complexity index is 292. The lowest BCUT2D eigenvalue weighted by Gasteiger charge is -2.23. The second kappa shape index (κ2) is 19.5. The molecule has 27 heavy (non-hydrogen) atoms. The maximum absolute atomic E-state index is 6.06. The molecule has 0 bridgehead atoms. The average molecular weight is 401 g/mol. The fraction of sp³-hybridized carbons (Fsp3) is 1.00. The monoisotopic (exact) mass is 400 g/mol. The third-order valence-corrected chi connectivity index (χ3v) is 7.12. The summed E-state index contributed by atoms with van der Waals surface area (Å²) in [5.41, 5.74) is 0. The zero-order valence-corrected chi connectivity index (χ0v) is 20.6. The fourth-order valence-corrected chi connectivity index (χ4v) is 4.82. The molecule has 164 valence electrons. The maximum Gasteiger partial charge on any atom is 0.331 e. The molecule has 0 aliphatic rings. The standard InChI is InChI=1S/C24H52O2Si/c1-6-7-8-9-10-11-12-13-14-15-16-17-18-19-22-25-27(4,5)26-23-20-21-24(2)3/h24H,6-23H2,1-5H3. The van der Waals surface area contributed by atoms with Gasteiger partial charge in [-0.3, -0.25) is 0 Å². The number of hydrogen-bond donors (Lipinski definition) is 0. The van der Waals surface area contributed by atoms with E-state index in [9.17, 15) is 0 Å². The molecule has 0 aliphatic carbocycles. The largest absolute Gasteiger partial charge is 0.395 e. The van der Waals surface area contributed by atoms with Crippen LogP contribution in [0, 0.1) is 5.92 Å². The van der Waals surface area contributed by atoms with Crippen molar-refractivity contribution < 1.29 is 8.85 Å². The predicted octanol–water partition coefficient (Wildman–Crippen LogP) is 8.64. The van der Waals surface area contributed by atoms with Crippen LogP contribution in [0.2, 0.25) is 13.1 Å². The highest BCUT2D eigenvalue weighted by Crippen LogP contribution is 2.14. The summed E-state index contributed by atoms with van der Waals surface area (Å²) in [4.78, 5) is 0. The second-order valence-corrected chi connectivity index (χ2v) is 12.6. The van der Waals surface area contributed by atoms with Crippen molar-refractivity contribution in [2.24, 2.45) is 5.92 Å². The molecule has 0 aliphatic heterocycles. The molecule has 0 N–H and O–H groups in total. The minimum Gasteiger partial charge on any atom is -0.395 e. The van der Waals surface area contributed by atoms with Gasteiger partial charge in [0.2, 0.25) is 0 Å². The van der Waals surface area contributed by atoms with Gasteiger partial charge in [-0.25, -0.2) is 0 Å². The highest BCUT2D eigenvalue weighted by atomic mass is 28.4. The molecule has 0 aromatic heterocycles. The topological polar surface area (TPSA) is 18.5 Å². The summed E-state index contributed by atoms with van der Waals surface area (Å²) >= 11 is 0. The first-order valence-corrected chi connectivity index (χ1v) is 15.1. The molecule has 0 spiro atoms. The molecule has 3 heteroatoms. The van der Waals surface area contributed by atoms with Crippen molar-refractivity contribution in [1.29, 1.82) is 0 Å². The lowest BCUT2D eigenvalue weighted by atomic mass is 10.0. The van der Waals surface area contributed by atoms with Crippen molar-refractivity contribution in [3.63, 3.8) is 0 Å². The Morgan fingerprint density at radius 3 is 1.33 bits per heavy atom. The Hall–Kier alpha value is 0.137. The van der Waals surface area contributed by atoms with Crippen molar-refractivity contribution in [3.05, 3.63) is 0 Å². The molecule has 0 saturated carbocycles. The normalized spacial score (nSPS) is 12.2. The quantitative estimate of drug-likeness (QED) is 0.142. The SMILES string of the molecule is CCCCCCCCCCCCCCCCO[Si](C)(C)OCCCC(C)C. The third kappa shape index (κ3) is 22.3. The maximum atomic E-state index is 6.06. The van der Waals surface area contributed by atoms with E-state index >= 15 is 0 Å². The number of hydrogen-bond acceptors (Lipinski definition) is 2. The second-order valence-electron chi connectivity index (χ2n) is 9.23. The Morgan fingerprint density at radius 2 is 0.926 bits per heavy atom. The van der Waals surface area contributed by atoms with Crippen molar-refractivity contribution >= 4 is 8.56 Å². The summed E-state index contributed by atoms with van der Waals surface area (Å²) in [6.07, 6.45) is 22.1. The Kier molecular flexibility index (Phi) is 19.6. The summed E-state index contributed by atoms with van der Waals surface area (Å²) in [5, 5.41) is 0. The molecule has 2 nitrogen and oxygen atoms in total. The smallest absolute Gasteiger partial charge is 0.331 e. The fourth-order valence-electron chi connectivity index (χ4n) is 3.47. The van der Waals surface area contributed by atoms with Crippen LogP contribution in [0.3, 0.4) is 0 Å². The predicted molar refractivity (Wildman–Crippen MR) is 124 cm³/mol. The van der Waals surface area contributed by atoms with Gasteiger partial charge >= 0.3 is 8.56 Å². The molecule has 0 aromatic carbocycles. The average Bonchev–Trinajstić information content (AvgIpc) is 2.62. The van der Waals surface area contributed by atoms with Gasteiger partial charge in [-0.05, 0) is 38.3 Å². The molecule has 0 radical (unpaired) electrons. The van der Waals surface area contributed by atoms with E-state index in [2.05, 4.69) is 33.9 Å². The van der Waals surface area contributed by atoms with Crippen LogP contribution in [-0.2, 0) is 8.85 Å². The van der Waals surface area contributed by atoms with Gasteiger partial charge in [0.15, 0.2) is 0 Å². The lowest BCUT2D eigenvalue weighted by Crippen LogP contribution is -2.35. The molecule has 0 rings (SSSR count). The molecule has 0 fully saturated rings. The van der Waals surface area contributed by atoms with Gasteiger partial charge < -0.3 is 8.85 Å². The third-order valence-electron chi connectivity index (χ3n) is 5.32. The van der Waals surface area contributed by atoms with Crippen molar-refractivity contribution in [2.45, 2.75) is 137 Å². The van der Waals surface area contributed by atoms with E-state index in [0.29, 0.717) is 0 Å². The van der Waals surface area contributed by atoms with Gasteiger partial charge in [0.05, 0.1) is 0 Å². The molecular weight excluding hydrogens is 348 g/mol. The summed E-state index contributed by atoms with van der Waals surface area (Å²) < 4.78 is 12.1. The van der Waals surface area contributed by atoms with Crippen molar-refractivity contribution in [3.8, 4) is 0 Å². The summed E-state index contributed by atoms with van der Waals surface area (Å²) in [6.45, 7) is 13.0. The molecule has 0 heterocycles. The van der Waals surface area contributed by atoms with E-state index in [1.54, 1.807) is 0 Å². The highest BCUT2D eigenvalue weighted by Gasteiger charge is 2.23. The first kappa shape index (κ1) is 27.1. The first-order chi connectivity index (χ1) is 13.0. The van der Waals surface area contributed by atoms with E-state index in [0.717, 1.165) is 25.6 Å². The van der Waals surface area contributed by atoms with E-state index in [-0.39, 0.29) is 0 Å². The molecule has 0 saturated heterocycles. The molecular formula is C24H52O2Si. The number of rotatable bonds is 21. The van der Waals surface area contributed by atoms with Crippen LogP contribution >= 0.6 is 0 Å². The first-order valence-electron chi connectivity index (χ1n) is 12.3. The van der Waals surface area contributed by atoms with Crippen molar-refractivity contribution in [1.82, 2.24) is 0 Å². The summed E-state index contributed by atoms with van der Waals surface area (Å²) in [6, 6.07) is 0. The van der Waals surface area contributed by atoms with Crippen LogP contribution in [0.1, 0.15) is 124 Å². The van der Waals surface area contributed by atoms with Crippen LogP contribution in [0.4, 0.5) is 0 Å². The summed E-state index contributed by atoms with van der Waals surface area (Å²) in [5.74, 6) is 0.773. The van der Waals surface area contributed by atoms with Gasteiger partial charge in [0.1, 0.15) is 0 Å². The zero-order chi connectivity index (χ0) is 20.2. The summed E-state index contributed by atoms with van der Waals surface area (Å²) in [7, 11) is -1.88. The highest BCUT2D eigenvalue weighted by molar-refractivity contribution is 6.64. The number of unbranched alkanes of at least 4 members (excludes halogenated alkanes) is 13. The van der Waals surface area contributed by atoms with E-state index in [1.165, 1.54) is 96.3 Å². The van der Waals surface area contributed by atoms with Gasteiger partial charge in [-0.2, -0.15) is 0 Å². The van der Waals surface area contributed by atoms with Gasteiger partial charge in [-0.15, -0.1) is 0 Å². The van der Waals surface area contributed by atoms with E-state index in [4.69, 9.17) is 8.85 Å². The van der Waals surface area contributed by atoms with Gasteiger partial charge in [0, 0.05) is 13.2 Å². The van der Waals surface area contributed by atoms with Crippen LogP contribution in [0.5, 0.6) is 0 Å². The van der Waals surface area contributed by atoms with E-state index < -0.39 is 8.56 Å². The van der Waals surface area contributed by atoms with Crippen LogP contribution in [0.15, 0.2) is 0 Å². The lowest BCUT2D eigenvalue weighted by molar-refractivity contribution is 0.171. The Morgan fingerprint density at radius 1 is 0.556 bits per heavy atom. The minimum atomic E-state index is -1.88. The molecule has 0 amide bonds. The van der Waals surface area contributed by atoms with Crippen LogP contribution < -0.4 is 0 Å². The van der Waals surface area contributed by atoms with Crippen molar-refractivity contribution in [2.75, 3.05) is 13.2 Å². The Labute approximate surface area is 173 Å². The zero-order valence-electron chi connectivity index (χ0n) is 19.6. The molecule has 0 aromatic rings. The van der Waals surface area contributed by atoms with Crippen LogP contribution in [0.25, 0.3) is 0 Å².